The average molecular weight is 235 g/mol. The highest BCUT2D eigenvalue weighted by molar-refractivity contribution is 5.06. The number of nitrogens with two attached hydrogens (primary N) is 1. The van der Waals surface area contributed by atoms with E-state index in [1.165, 1.54) is 25.9 Å². The molecule has 3 heterocycles. The van der Waals surface area contributed by atoms with Crippen molar-refractivity contribution < 1.29 is 4.42 Å². The van der Waals surface area contributed by atoms with Crippen molar-refractivity contribution in [1.82, 2.24) is 9.80 Å². The molecule has 3 rings (SSSR count). The molecule has 2 atom stereocenters. The molecule has 0 amide bonds. The first-order valence-electron chi connectivity index (χ1n) is 6.60. The van der Waals surface area contributed by atoms with Gasteiger partial charge in [0.1, 0.15) is 5.76 Å². The van der Waals surface area contributed by atoms with Gasteiger partial charge < -0.3 is 10.2 Å². The van der Waals surface area contributed by atoms with E-state index >= 15 is 0 Å². The van der Waals surface area contributed by atoms with E-state index in [-0.39, 0.29) is 6.04 Å². The molecule has 2 fully saturated rings. The van der Waals surface area contributed by atoms with Gasteiger partial charge in [-0.1, -0.05) is 0 Å². The molecule has 0 spiro atoms. The smallest absolute Gasteiger partial charge is 0.122 e. The Labute approximate surface area is 102 Å². The lowest BCUT2D eigenvalue weighted by Gasteiger charge is -2.40. The summed E-state index contributed by atoms with van der Waals surface area (Å²) in [4.78, 5) is 5.11. The van der Waals surface area contributed by atoms with E-state index in [0.717, 1.165) is 24.9 Å². The fourth-order valence-corrected chi connectivity index (χ4v) is 3.22. The van der Waals surface area contributed by atoms with Crippen LogP contribution in [0.3, 0.4) is 0 Å². The van der Waals surface area contributed by atoms with Crippen LogP contribution in [0, 0.1) is 0 Å². The molecule has 94 valence electrons. The predicted molar refractivity (Wildman–Crippen MR) is 66.7 cm³/mol. The molecular weight excluding hydrogens is 214 g/mol. The molecule has 17 heavy (non-hydrogen) atoms. The zero-order valence-electron chi connectivity index (χ0n) is 10.2. The highest BCUT2D eigenvalue weighted by Crippen LogP contribution is 2.27. The van der Waals surface area contributed by atoms with Gasteiger partial charge in [-0.3, -0.25) is 9.80 Å². The number of hydrogen-bond donors (Lipinski definition) is 1. The minimum atomic E-state index is 0.257. The van der Waals surface area contributed by atoms with Crippen molar-refractivity contribution >= 4 is 0 Å². The van der Waals surface area contributed by atoms with Crippen LogP contribution in [0.25, 0.3) is 0 Å². The molecular formula is C13H21N3O. The molecule has 0 radical (unpaired) electrons. The number of piperazine rings is 1. The van der Waals surface area contributed by atoms with Gasteiger partial charge in [0.25, 0.3) is 0 Å². The minimum absolute atomic E-state index is 0.257. The predicted octanol–water partition coefficient (Wildman–Crippen LogP) is 1.06. The van der Waals surface area contributed by atoms with Gasteiger partial charge in [0.05, 0.1) is 12.3 Å². The van der Waals surface area contributed by atoms with Crippen LogP contribution in [0.5, 0.6) is 0 Å². The molecule has 2 saturated heterocycles. The van der Waals surface area contributed by atoms with Crippen LogP contribution in [-0.2, 0) is 0 Å². The summed E-state index contributed by atoms with van der Waals surface area (Å²) in [6.45, 7) is 5.36. The Hall–Kier alpha value is -0.840. The lowest BCUT2D eigenvalue weighted by molar-refractivity contribution is 0.0662. The Bertz CT molecular complexity index is 352. The quantitative estimate of drug-likeness (QED) is 0.851. The van der Waals surface area contributed by atoms with Gasteiger partial charge in [-0.25, -0.2) is 0 Å². The fourth-order valence-electron chi connectivity index (χ4n) is 3.22. The summed E-state index contributed by atoms with van der Waals surface area (Å²) in [6.07, 6.45) is 4.43. The van der Waals surface area contributed by atoms with Crippen molar-refractivity contribution in [3.63, 3.8) is 0 Å². The Kier molecular flexibility index (Phi) is 3.18. The van der Waals surface area contributed by atoms with Crippen molar-refractivity contribution in [2.24, 2.45) is 5.73 Å². The van der Waals surface area contributed by atoms with Crippen LogP contribution in [0.1, 0.15) is 24.6 Å². The van der Waals surface area contributed by atoms with Crippen LogP contribution >= 0.6 is 0 Å². The zero-order valence-corrected chi connectivity index (χ0v) is 10.2. The van der Waals surface area contributed by atoms with E-state index in [4.69, 9.17) is 10.2 Å². The summed E-state index contributed by atoms with van der Waals surface area (Å²) in [5, 5.41) is 0. The van der Waals surface area contributed by atoms with E-state index < -0.39 is 0 Å². The molecule has 2 unspecified atom stereocenters. The van der Waals surface area contributed by atoms with Crippen molar-refractivity contribution in [3.05, 3.63) is 24.2 Å². The van der Waals surface area contributed by atoms with Gasteiger partial charge in [-0.05, 0) is 31.5 Å². The summed E-state index contributed by atoms with van der Waals surface area (Å²) in [5.41, 5.74) is 5.92. The molecule has 2 aliphatic heterocycles. The molecule has 0 saturated carbocycles. The first-order chi connectivity index (χ1) is 8.38. The maximum Gasteiger partial charge on any atom is 0.122 e. The van der Waals surface area contributed by atoms with Gasteiger partial charge in [0.15, 0.2) is 0 Å². The van der Waals surface area contributed by atoms with Gasteiger partial charge in [-0.15, -0.1) is 0 Å². The molecule has 0 aliphatic carbocycles. The molecule has 0 bridgehead atoms. The molecule has 1 aromatic heterocycles. The van der Waals surface area contributed by atoms with Crippen LogP contribution < -0.4 is 5.73 Å². The normalized spacial score (nSPS) is 28.2. The summed E-state index contributed by atoms with van der Waals surface area (Å²) < 4.78 is 5.52. The summed E-state index contributed by atoms with van der Waals surface area (Å²) in [7, 11) is 0. The Morgan fingerprint density at radius 1 is 1.41 bits per heavy atom. The third-order valence-corrected chi connectivity index (χ3v) is 4.15. The summed E-state index contributed by atoms with van der Waals surface area (Å²) in [6, 6.07) is 4.99. The SMILES string of the molecule is NCC(c1ccco1)N1CCN2CCCC2C1. The third kappa shape index (κ3) is 2.12. The molecule has 1 aromatic rings. The van der Waals surface area contributed by atoms with Crippen LogP contribution in [0.15, 0.2) is 22.8 Å². The first-order valence-corrected chi connectivity index (χ1v) is 6.60. The second kappa shape index (κ2) is 4.80. The topological polar surface area (TPSA) is 45.6 Å². The van der Waals surface area contributed by atoms with E-state index in [1.807, 2.05) is 12.1 Å². The lowest BCUT2D eigenvalue weighted by Crippen LogP contribution is -2.52. The molecule has 2 aliphatic rings. The largest absolute Gasteiger partial charge is 0.468 e. The number of nitrogens with zero attached hydrogens (tertiary/aromatic N) is 2. The highest BCUT2D eigenvalue weighted by Gasteiger charge is 2.34. The van der Waals surface area contributed by atoms with E-state index in [1.54, 1.807) is 6.26 Å². The first kappa shape index (κ1) is 11.3. The fraction of sp³-hybridized carbons (Fsp3) is 0.692. The van der Waals surface area contributed by atoms with Crippen molar-refractivity contribution in [2.45, 2.75) is 24.9 Å². The zero-order chi connectivity index (χ0) is 11.7. The average Bonchev–Trinajstić information content (AvgIpc) is 2.99. The molecule has 0 aromatic carbocycles. The lowest BCUT2D eigenvalue weighted by atomic mass is 10.1. The summed E-state index contributed by atoms with van der Waals surface area (Å²) >= 11 is 0. The molecule has 4 nitrogen and oxygen atoms in total. The second-order valence-corrected chi connectivity index (χ2v) is 5.09. The number of fused-ring (bicyclic) bond motifs is 1. The van der Waals surface area contributed by atoms with Crippen LogP contribution in [0.2, 0.25) is 0 Å². The highest BCUT2D eigenvalue weighted by atomic mass is 16.3. The Morgan fingerprint density at radius 3 is 3.12 bits per heavy atom. The molecule has 2 N–H and O–H groups in total. The van der Waals surface area contributed by atoms with Crippen molar-refractivity contribution in [3.8, 4) is 0 Å². The molecule has 4 heteroatoms. The number of hydrogen-bond acceptors (Lipinski definition) is 4. The van der Waals surface area contributed by atoms with Gasteiger partial charge >= 0.3 is 0 Å². The minimum Gasteiger partial charge on any atom is -0.468 e. The van der Waals surface area contributed by atoms with E-state index in [2.05, 4.69) is 9.80 Å². The van der Waals surface area contributed by atoms with Gasteiger partial charge in [0.2, 0.25) is 0 Å². The Balaban J connectivity index is 1.71. The maximum absolute atomic E-state index is 5.92. The monoisotopic (exact) mass is 235 g/mol. The third-order valence-electron chi connectivity index (χ3n) is 4.15. The van der Waals surface area contributed by atoms with Gasteiger partial charge in [0, 0.05) is 32.2 Å². The van der Waals surface area contributed by atoms with Crippen LogP contribution in [0.4, 0.5) is 0 Å². The van der Waals surface area contributed by atoms with Crippen molar-refractivity contribution in [1.29, 1.82) is 0 Å². The number of rotatable bonds is 3. The van der Waals surface area contributed by atoms with E-state index in [9.17, 15) is 0 Å². The van der Waals surface area contributed by atoms with Gasteiger partial charge in [-0.2, -0.15) is 0 Å². The second-order valence-electron chi connectivity index (χ2n) is 5.09. The van der Waals surface area contributed by atoms with E-state index in [0.29, 0.717) is 6.54 Å². The van der Waals surface area contributed by atoms with Crippen LogP contribution in [-0.4, -0.2) is 48.6 Å². The maximum atomic E-state index is 5.92. The number of furan rings is 1. The summed E-state index contributed by atoms with van der Waals surface area (Å²) in [5.74, 6) is 1.01. The standard InChI is InChI=1S/C13H21N3O/c14-9-12(13-4-2-8-17-13)16-7-6-15-5-1-3-11(15)10-16/h2,4,8,11-12H,1,3,5-7,9-10,14H2. The van der Waals surface area contributed by atoms with Crippen molar-refractivity contribution in [2.75, 3.05) is 32.7 Å². The Morgan fingerprint density at radius 2 is 2.35 bits per heavy atom.